The van der Waals surface area contributed by atoms with E-state index >= 15 is 0 Å². The Hall–Kier alpha value is -2.59. The number of ether oxygens (including phenoxy) is 2. The van der Waals surface area contributed by atoms with Crippen molar-refractivity contribution in [3.63, 3.8) is 0 Å². The van der Waals surface area contributed by atoms with Crippen molar-refractivity contribution in [2.24, 2.45) is 0 Å². The van der Waals surface area contributed by atoms with Crippen LogP contribution in [0.3, 0.4) is 0 Å². The minimum atomic E-state index is -1.12. The first-order valence-corrected chi connectivity index (χ1v) is 10.7. The topological polar surface area (TPSA) is 115 Å². The van der Waals surface area contributed by atoms with Gasteiger partial charge in [0.2, 0.25) is 0 Å². The number of aromatic nitrogens is 4. The number of aliphatic hydroxyl groups is 2. The Kier molecular flexibility index (Phi) is 6.77. The molecule has 0 saturated carbocycles. The van der Waals surface area contributed by atoms with Crippen molar-refractivity contribution < 1.29 is 19.7 Å². The third-order valence-corrected chi connectivity index (χ3v) is 5.52. The summed E-state index contributed by atoms with van der Waals surface area (Å²) >= 11 is 0. The average molecular weight is 428 g/mol. The van der Waals surface area contributed by atoms with Gasteiger partial charge in [0.05, 0.1) is 19.0 Å². The second-order valence-electron chi connectivity index (χ2n) is 7.68. The number of fused-ring (bicyclic) bond motifs is 1. The van der Waals surface area contributed by atoms with Crippen molar-refractivity contribution in [1.29, 1.82) is 0 Å². The molecule has 2 aromatic heterocycles. The molecule has 5 atom stereocenters. The number of imidazole rings is 1. The number of anilines is 1. The van der Waals surface area contributed by atoms with E-state index in [0.29, 0.717) is 23.6 Å². The van der Waals surface area contributed by atoms with Crippen molar-refractivity contribution >= 4 is 17.0 Å². The minimum absolute atomic E-state index is 0.0692. The highest BCUT2D eigenvalue weighted by Gasteiger charge is 2.44. The maximum Gasteiger partial charge on any atom is 0.167 e. The van der Waals surface area contributed by atoms with Gasteiger partial charge in [-0.25, -0.2) is 15.0 Å². The lowest BCUT2D eigenvalue weighted by Gasteiger charge is -2.19. The average Bonchev–Trinajstić information content (AvgIpc) is 3.35. The zero-order valence-electron chi connectivity index (χ0n) is 17.8. The van der Waals surface area contributed by atoms with Gasteiger partial charge in [-0.05, 0) is 18.4 Å². The summed E-state index contributed by atoms with van der Waals surface area (Å²) in [5.74, 6) is 0.607. The molecule has 166 valence electrons. The molecule has 1 saturated heterocycles. The molecule has 31 heavy (non-hydrogen) atoms. The first-order chi connectivity index (χ1) is 15.1. The van der Waals surface area contributed by atoms with E-state index in [1.165, 1.54) is 6.33 Å². The number of aliphatic hydroxyl groups excluding tert-OH is 2. The first-order valence-electron chi connectivity index (χ1n) is 10.7. The van der Waals surface area contributed by atoms with Gasteiger partial charge in [0.15, 0.2) is 23.2 Å². The molecule has 3 aromatic rings. The summed E-state index contributed by atoms with van der Waals surface area (Å²) in [6, 6.07) is 10.2. The third-order valence-electron chi connectivity index (χ3n) is 5.52. The van der Waals surface area contributed by atoms with E-state index in [0.717, 1.165) is 18.4 Å². The maximum atomic E-state index is 10.6. The van der Waals surface area contributed by atoms with Gasteiger partial charge in [0.1, 0.15) is 24.6 Å². The summed E-state index contributed by atoms with van der Waals surface area (Å²) in [6.45, 7) is 4.90. The van der Waals surface area contributed by atoms with Crippen LogP contribution in [0.1, 0.15) is 44.5 Å². The van der Waals surface area contributed by atoms with E-state index in [9.17, 15) is 10.2 Å². The quantitative estimate of drug-likeness (QED) is 0.446. The summed E-state index contributed by atoms with van der Waals surface area (Å²) in [6.07, 6.45) is 1.15. The van der Waals surface area contributed by atoms with E-state index in [1.807, 2.05) is 25.1 Å². The number of rotatable bonds is 9. The molecule has 1 aliphatic heterocycles. The molecular formula is C22H29N5O4. The highest BCUT2D eigenvalue weighted by atomic mass is 16.6. The molecule has 0 amide bonds. The molecular weight excluding hydrogens is 398 g/mol. The van der Waals surface area contributed by atoms with Gasteiger partial charge in [-0.2, -0.15) is 0 Å². The summed E-state index contributed by atoms with van der Waals surface area (Å²) in [5, 5.41) is 24.4. The Morgan fingerprint density at radius 1 is 1.13 bits per heavy atom. The van der Waals surface area contributed by atoms with Crippen LogP contribution in [0.25, 0.3) is 11.2 Å². The van der Waals surface area contributed by atoms with Crippen molar-refractivity contribution in [1.82, 2.24) is 19.5 Å². The number of benzene rings is 1. The van der Waals surface area contributed by atoms with E-state index in [-0.39, 0.29) is 12.6 Å². The predicted octanol–water partition coefficient (Wildman–Crippen LogP) is 2.44. The highest BCUT2D eigenvalue weighted by Crippen LogP contribution is 2.33. The Bertz CT molecular complexity index is 982. The second kappa shape index (κ2) is 9.69. The summed E-state index contributed by atoms with van der Waals surface area (Å²) in [4.78, 5) is 13.2. The van der Waals surface area contributed by atoms with Crippen molar-refractivity contribution in [2.45, 2.75) is 57.3 Å². The number of hydrogen-bond donors (Lipinski definition) is 3. The van der Waals surface area contributed by atoms with Gasteiger partial charge in [-0.1, -0.05) is 44.2 Å². The Morgan fingerprint density at radius 3 is 2.68 bits per heavy atom. The van der Waals surface area contributed by atoms with Crippen molar-refractivity contribution in [2.75, 3.05) is 18.5 Å². The van der Waals surface area contributed by atoms with Gasteiger partial charge >= 0.3 is 0 Å². The molecule has 1 aliphatic rings. The van der Waals surface area contributed by atoms with Crippen LogP contribution in [-0.4, -0.2) is 61.3 Å². The molecule has 4 unspecified atom stereocenters. The fourth-order valence-corrected chi connectivity index (χ4v) is 3.86. The van der Waals surface area contributed by atoms with Crippen LogP contribution in [-0.2, 0) is 9.47 Å². The molecule has 0 spiro atoms. The first kappa shape index (κ1) is 21.6. The lowest BCUT2D eigenvalue weighted by molar-refractivity contribution is -0.0652. The summed E-state index contributed by atoms with van der Waals surface area (Å²) < 4.78 is 13.1. The largest absolute Gasteiger partial charge is 0.387 e. The van der Waals surface area contributed by atoms with Crippen LogP contribution in [0.2, 0.25) is 0 Å². The third kappa shape index (κ3) is 4.40. The second-order valence-corrected chi connectivity index (χ2v) is 7.68. The maximum absolute atomic E-state index is 10.6. The monoisotopic (exact) mass is 427 g/mol. The van der Waals surface area contributed by atoms with Gasteiger partial charge in [0, 0.05) is 6.61 Å². The lowest BCUT2D eigenvalue weighted by Crippen LogP contribution is -2.33. The molecule has 3 heterocycles. The summed E-state index contributed by atoms with van der Waals surface area (Å²) in [5.41, 5.74) is 2.25. The van der Waals surface area contributed by atoms with Crippen LogP contribution in [0.4, 0.5) is 5.82 Å². The fourth-order valence-electron chi connectivity index (χ4n) is 3.86. The van der Waals surface area contributed by atoms with Crippen LogP contribution in [0.5, 0.6) is 0 Å². The highest BCUT2D eigenvalue weighted by molar-refractivity contribution is 5.83. The molecule has 3 N–H and O–H groups in total. The minimum Gasteiger partial charge on any atom is -0.387 e. The van der Waals surface area contributed by atoms with E-state index in [1.54, 1.807) is 10.9 Å². The predicted molar refractivity (Wildman–Crippen MR) is 115 cm³/mol. The Labute approximate surface area is 181 Å². The van der Waals surface area contributed by atoms with Crippen LogP contribution < -0.4 is 5.32 Å². The fraction of sp³-hybridized carbons (Fsp3) is 0.500. The molecule has 1 fully saturated rings. The van der Waals surface area contributed by atoms with Crippen LogP contribution >= 0.6 is 0 Å². The standard InChI is InChI=1S/C22H29N5O4/c1-3-10-30-11-16-18(28)19(29)22(31-16)27-13-25-17-20(23-12-24-21(17)27)26-15(4-2)14-8-6-5-7-9-14/h5-9,12-13,15-16,18-19,22,28-29H,3-4,10-11H2,1-2H3,(H,23,24,26)/t15-,16?,18?,19?,22?/m1/s1. The Balaban J connectivity index is 1.57. The number of nitrogens with zero attached hydrogens (tertiary/aromatic N) is 4. The summed E-state index contributed by atoms with van der Waals surface area (Å²) in [7, 11) is 0. The lowest BCUT2D eigenvalue weighted by atomic mass is 10.0. The zero-order valence-corrected chi connectivity index (χ0v) is 17.8. The van der Waals surface area contributed by atoms with E-state index in [4.69, 9.17) is 9.47 Å². The Morgan fingerprint density at radius 2 is 1.94 bits per heavy atom. The molecule has 0 aliphatic carbocycles. The van der Waals surface area contributed by atoms with Gasteiger partial charge in [-0.15, -0.1) is 0 Å². The smallest absolute Gasteiger partial charge is 0.167 e. The SMILES string of the molecule is CCCOCC1OC(n2cnc3c(N[C@H](CC)c4ccccc4)ncnc32)C(O)C1O. The van der Waals surface area contributed by atoms with E-state index in [2.05, 4.69) is 39.3 Å². The van der Waals surface area contributed by atoms with Gasteiger partial charge in [0.25, 0.3) is 0 Å². The van der Waals surface area contributed by atoms with Crippen molar-refractivity contribution in [3.8, 4) is 0 Å². The van der Waals surface area contributed by atoms with Crippen LogP contribution in [0.15, 0.2) is 43.0 Å². The molecule has 0 radical (unpaired) electrons. The zero-order chi connectivity index (χ0) is 21.8. The molecule has 0 bridgehead atoms. The molecule has 9 heteroatoms. The molecule has 4 rings (SSSR count). The molecule has 1 aromatic carbocycles. The number of hydrogen-bond acceptors (Lipinski definition) is 8. The number of nitrogens with one attached hydrogen (secondary N) is 1. The van der Waals surface area contributed by atoms with Gasteiger partial charge in [-0.3, -0.25) is 4.57 Å². The molecule has 9 nitrogen and oxygen atoms in total. The normalized spacial score (nSPS) is 24.5. The van der Waals surface area contributed by atoms with Crippen LogP contribution in [0, 0.1) is 0 Å². The van der Waals surface area contributed by atoms with Gasteiger partial charge < -0.3 is 25.0 Å². The van der Waals surface area contributed by atoms with E-state index < -0.39 is 24.5 Å². The van der Waals surface area contributed by atoms with Crippen molar-refractivity contribution in [3.05, 3.63) is 48.5 Å².